The SMILES string of the molecule is Cc1cc(-c2cc(-c3ccc(-c4c(-c5ccccc5)nc5ccccn45)cc3)cc(-c3cc4ccccc4c4ccccc34)c2)cc(C)n1.Cc1ccc(-c2cc(-c3ccc(-c4c(-c5ccccc5)nc5ccccn45)cc3)cc(-c3cc4ccccc4c4ccccc34)c2)c(C)n1.c1ccc(-c2nc3ccccn3c2-c2ccc(-c3cc(-c4ccc5ccccc5c4)cc(-c4ccccn4)c3)cc2)cc1. The van der Waals surface area contributed by atoms with Crippen molar-refractivity contribution < 1.29 is 0 Å². The number of aromatic nitrogens is 9. The van der Waals surface area contributed by atoms with Gasteiger partial charge in [-0.1, -0.05) is 328 Å². The molecular weight excluding hydrogens is 1710 g/mol. The van der Waals surface area contributed by atoms with Crippen LogP contribution in [0.25, 0.3) is 239 Å². The van der Waals surface area contributed by atoms with Gasteiger partial charge in [-0.05, 0) is 305 Å². The van der Waals surface area contributed by atoms with E-state index in [0.29, 0.717) is 0 Å². The van der Waals surface area contributed by atoms with Gasteiger partial charge >= 0.3 is 0 Å². The highest BCUT2D eigenvalue weighted by Gasteiger charge is 2.24. The van der Waals surface area contributed by atoms with Gasteiger partial charge in [0.05, 0.1) is 39.9 Å². The van der Waals surface area contributed by atoms with E-state index < -0.39 is 0 Å². The second-order valence-corrected chi connectivity index (χ2v) is 36.3. The predicted molar refractivity (Wildman–Crippen MR) is 587 cm³/mol. The first kappa shape index (κ1) is 85.5. The molecule has 0 N–H and O–H groups in total. The average Bonchev–Trinajstić information content (AvgIpc) is 1.74. The lowest BCUT2D eigenvalue weighted by Crippen LogP contribution is -1.93. The molecule has 0 amide bonds. The first-order valence-corrected chi connectivity index (χ1v) is 48.0. The minimum atomic E-state index is 0.933. The fourth-order valence-electron chi connectivity index (χ4n) is 20.5. The van der Waals surface area contributed by atoms with Crippen LogP contribution < -0.4 is 0 Å². The quantitative estimate of drug-likeness (QED) is 0.0950. The standard InChI is InChI=1S/2C46H33N3.C40H27N3/c1-30-19-24-39(31(2)47-30)37-26-36(27-38(28-37)43-29-35-14-6-7-15-40(35)41-16-8-9-17-42(41)43)32-20-22-34(23-21-32)46-45(33-12-4-3-5-13-33)48-44-18-10-11-25-49(44)46;1-30-24-36(25-31(2)47-30)38-26-37(27-39(28-38)43-29-35-14-6-7-15-40(35)41-16-8-9-17-42(41)43)32-19-21-34(22-20-32)46-45(33-12-4-3-5-13-33)48-44-18-10-11-23-49(44)46;1-2-11-30(12-3-1)39-40(43-23-9-7-15-38(43)42-39)31-19-16-29(17-20-31)34-25-35(27-36(26-34)37-14-6-8-22-41-37)33-21-18-28-10-4-5-13-32(28)24-33/h2*3-29H,1-2H3;1-27H. The van der Waals surface area contributed by atoms with E-state index in [-0.39, 0.29) is 0 Å². The van der Waals surface area contributed by atoms with Gasteiger partial charge in [0.25, 0.3) is 0 Å². The van der Waals surface area contributed by atoms with Crippen LogP contribution in [0.4, 0.5) is 0 Å². The summed E-state index contributed by atoms with van der Waals surface area (Å²) in [5.41, 5.74) is 40.7. The lowest BCUT2D eigenvalue weighted by Gasteiger charge is -2.16. The highest BCUT2D eigenvalue weighted by Crippen LogP contribution is 2.46. The zero-order valence-electron chi connectivity index (χ0n) is 78.3. The van der Waals surface area contributed by atoms with Gasteiger partial charge < -0.3 is 0 Å². The molecule has 9 heterocycles. The molecule has 0 aliphatic carbocycles. The molecule has 0 bridgehead atoms. The van der Waals surface area contributed by atoms with Crippen molar-refractivity contribution in [1.82, 2.24) is 43.1 Å². The molecule has 9 aromatic heterocycles. The Kier molecular flexibility index (Phi) is 22.4. The highest BCUT2D eigenvalue weighted by molar-refractivity contribution is 6.16. The highest BCUT2D eigenvalue weighted by atomic mass is 15.0. The predicted octanol–water partition coefficient (Wildman–Crippen LogP) is 34.2. The Morgan fingerprint density at radius 1 is 0.170 bits per heavy atom. The Balaban J connectivity index is 0.000000115. The Bertz CT molecular complexity index is 9220. The maximum Gasteiger partial charge on any atom is 0.137 e. The van der Waals surface area contributed by atoms with Crippen LogP contribution in [0.15, 0.2) is 492 Å². The molecule has 0 fully saturated rings. The summed E-state index contributed by atoms with van der Waals surface area (Å²) in [6, 6.07) is 167. The molecule has 17 aromatic carbocycles. The van der Waals surface area contributed by atoms with Crippen LogP contribution in [0.5, 0.6) is 0 Å². The Morgan fingerprint density at radius 3 is 0.922 bits per heavy atom. The first-order valence-electron chi connectivity index (χ1n) is 48.0. The third-order valence-electron chi connectivity index (χ3n) is 27.2. The lowest BCUT2D eigenvalue weighted by molar-refractivity contribution is 1.12. The molecule has 26 aromatic rings. The maximum atomic E-state index is 5.05. The van der Waals surface area contributed by atoms with Gasteiger partial charge in [0.1, 0.15) is 16.9 Å². The molecule has 9 heteroatoms. The smallest absolute Gasteiger partial charge is 0.137 e. The third-order valence-corrected chi connectivity index (χ3v) is 27.2. The van der Waals surface area contributed by atoms with Gasteiger partial charge in [0, 0.05) is 92.1 Å². The molecule has 0 aliphatic rings. The normalized spacial score (nSPS) is 11.4. The molecule has 9 nitrogen and oxygen atoms in total. The van der Waals surface area contributed by atoms with Crippen molar-refractivity contribution in [3.8, 4) is 168 Å². The Labute approximate surface area is 818 Å². The second-order valence-electron chi connectivity index (χ2n) is 36.3. The summed E-state index contributed by atoms with van der Waals surface area (Å²) >= 11 is 0. The molecule has 0 radical (unpaired) electrons. The molecule has 141 heavy (non-hydrogen) atoms. The van der Waals surface area contributed by atoms with E-state index in [1.54, 1.807) is 0 Å². The van der Waals surface area contributed by atoms with Crippen LogP contribution in [-0.4, -0.2) is 43.1 Å². The van der Waals surface area contributed by atoms with E-state index in [4.69, 9.17) is 19.9 Å². The van der Waals surface area contributed by atoms with Crippen LogP contribution in [0.2, 0.25) is 0 Å². The largest absolute Gasteiger partial charge is 0.299 e. The molecule has 0 aliphatic heterocycles. The number of pyridine rings is 6. The van der Waals surface area contributed by atoms with Crippen LogP contribution in [0.1, 0.15) is 22.8 Å². The zero-order chi connectivity index (χ0) is 94.4. The van der Waals surface area contributed by atoms with E-state index in [1.807, 2.05) is 61.7 Å². The number of aryl methyl sites for hydroxylation is 4. The zero-order valence-corrected chi connectivity index (χ0v) is 78.3. The molecule has 0 saturated heterocycles. The summed E-state index contributed by atoms with van der Waals surface area (Å²) in [6.07, 6.45) is 8.14. The topological polar surface area (TPSA) is 90.6 Å². The molecule has 0 spiro atoms. The first-order chi connectivity index (χ1) is 69.5. The van der Waals surface area contributed by atoms with E-state index in [0.717, 1.165) is 157 Å². The number of benzene rings is 17. The van der Waals surface area contributed by atoms with Crippen molar-refractivity contribution in [3.05, 3.63) is 515 Å². The maximum absolute atomic E-state index is 5.05. The number of rotatable bonds is 15. The van der Waals surface area contributed by atoms with Crippen LogP contribution >= 0.6 is 0 Å². The van der Waals surface area contributed by atoms with Crippen molar-refractivity contribution in [2.24, 2.45) is 0 Å². The van der Waals surface area contributed by atoms with Crippen molar-refractivity contribution >= 4 is 70.8 Å². The van der Waals surface area contributed by atoms with Crippen LogP contribution in [-0.2, 0) is 0 Å². The van der Waals surface area contributed by atoms with Crippen molar-refractivity contribution in [2.45, 2.75) is 27.7 Å². The van der Waals surface area contributed by atoms with Gasteiger partial charge in [0.2, 0.25) is 0 Å². The van der Waals surface area contributed by atoms with Gasteiger partial charge in [-0.3, -0.25) is 28.2 Å². The minimum Gasteiger partial charge on any atom is -0.299 e. The van der Waals surface area contributed by atoms with Crippen molar-refractivity contribution in [3.63, 3.8) is 0 Å². The fourth-order valence-corrected chi connectivity index (χ4v) is 20.5. The van der Waals surface area contributed by atoms with Crippen LogP contribution in [0, 0.1) is 27.7 Å². The van der Waals surface area contributed by atoms with Crippen molar-refractivity contribution in [1.29, 1.82) is 0 Å². The number of fused-ring (bicyclic) bond motifs is 10. The molecule has 26 rings (SSSR count). The monoisotopic (exact) mass is 1800 g/mol. The van der Waals surface area contributed by atoms with E-state index >= 15 is 0 Å². The second kappa shape index (κ2) is 37.0. The summed E-state index contributed by atoms with van der Waals surface area (Å²) < 4.78 is 6.56. The van der Waals surface area contributed by atoms with E-state index in [1.165, 1.54) is 104 Å². The van der Waals surface area contributed by atoms with Gasteiger partial charge in [0.15, 0.2) is 0 Å². The molecular formula is C132H93N9. The molecule has 0 unspecified atom stereocenters. The Hall–Kier alpha value is -18.4. The van der Waals surface area contributed by atoms with Gasteiger partial charge in [-0.2, -0.15) is 0 Å². The molecule has 0 saturated carbocycles. The summed E-state index contributed by atoms with van der Waals surface area (Å²) in [4.78, 5) is 29.3. The number of hydrogen-bond acceptors (Lipinski definition) is 6. The van der Waals surface area contributed by atoms with Crippen molar-refractivity contribution in [2.75, 3.05) is 0 Å². The summed E-state index contributed by atoms with van der Waals surface area (Å²) in [5.74, 6) is 0. The summed E-state index contributed by atoms with van der Waals surface area (Å²) in [5, 5.41) is 12.5. The molecule has 666 valence electrons. The Morgan fingerprint density at radius 2 is 0.496 bits per heavy atom. The number of nitrogens with zero attached hydrogens (tertiary/aromatic N) is 9. The average molecular weight is 1810 g/mol. The van der Waals surface area contributed by atoms with E-state index in [9.17, 15) is 0 Å². The fraction of sp³-hybridized carbons (Fsp3) is 0.0303. The third kappa shape index (κ3) is 16.8. The van der Waals surface area contributed by atoms with Gasteiger partial charge in [-0.25, -0.2) is 15.0 Å². The number of hydrogen-bond donors (Lipinski definition) is 0. The molecule has 0 atom stereocenters. The van der Waals surface area contributed by atoms with Crippen LogP contribution in [0.3, 0.4) is 0 Å². The summed E-state index contributed by atoms with van der Waals surface area (Å²) in [6.45, 7) is 8.30. The van der Waals surface area contributed by atoms with E-state index in [2.05, 4.69) is 481 Å². The summed E-state index contributed by atoms with van der Waals surface area (Å²) in [7, 11) is 0. The number of imidazole rings is 3. The minimum absolute atomic E-state index is 0.933. The van der Waals surface area contributed by atoms with Gasteiger partial charge in [-0.15, -0.1) is 0 Å². The lowest BCUT2D eigenvalue weighted by atomic mass is 9.89.